The number of amides is 1. The Labute approximate surface area is 116 Å². The first-order valence-corrected chi connectivity index (χ1v) is 6.17. The lowest BCUT2D eigenvalue weighted by Gasteiger charge is -2.19. The molecule has 9 heteroatoms. The lowest BCUT2D eigenvalue weighted by Crippen LogP contribution is -2.35. The Morgan fingerprint density at radius 1 is 1.40 bits per heavy atom. The molecule has 108 valence electrons. The van der Waals surface area contributed by atoms with Crippen molar-refractivity contribution < 1.29 is 9.53 Å². The third kappa shape index (κ3) is 2.60. The van der Waals surface area contributed by atoms with Gasteiger partial charge in [0.05, 0.1) is 7.11 Å². The van der Waals surface area contributed by atoms with Gasteiger partial charge in [0.1, 0.15) is 6.04 Å². The van der Waals surface area contributed by atoms with Gasteiger partial charge in [-0.05, 0) is 20.8 Å². The molecular weight excluding hydrogens is 262 g/mol. The van der Waals surface area contributed by atoms with Gasteiger partial charge in [-0.2, -0.15) is 15.0 Å². The van der Waals surface area contributed by atoms with Crippen molar-refractivity contribution in [1.82, 2.24) is 20.3 Å². The third-order valence-electron chi connectivity index (χ3n) is 2.67. The summed E-state index contributed by atoms with van der Waals surface area (Å²) in [5.74, 6) is 0.191. The van der Waals surface area contributed by atoms with Gasteiger partial charge in [-0.1, -0.05) is 0 Å². The molecule has 1 aromatic heterocycles. The Morgan fingerprint density at radius 3 is 2.60 bits per heavy atom. The van der Waals surface area contributed by atoms with Crippen molar-refractivity contribution in [2.75, 3.05) is 17.3 Å². The number of rotatable bonds is 4. The first-order chi connectivity index (χ1) is 9.42. The van der Waals surface area contributed by atoms with E-state index in [1.54, 1.807) is 6.92 Å². The van der Waals surface area contributed by atoms with E-state index in [2.05, 4.69) is 25.6 Å². The van der Waals surface area contributed by atoms with Crippen LogP contribution in [0.4, 0.5) is 11.9 Å². The summed E-state index contributed by atoms with van der Waals surface area (Å²) < 4.78 is 5.03. The molecule has 3 N–H and O–H groups in total. The van der Waals surface area contributed by atoms with E-state index in [4.69, 9.17) is 10.1 Å². The zero-order chi connectivity index (χ0) is 14.9. The lowest BCUT2D eigenvalue weighted by molar-refractivity contribution is -0.119. The highest BCUT2D eigenvalue weighted by atomic mass is 16.5. The van der Waals surface area contributed by atoms with Crippen LogP contribution in [0.5, 0.6) is 6.01 Å². The van der Waals surface area contributed by atoms with Crippen molar-refractivity contribution in [3.05, 3.63) is 0 Å². The van der Waals surface area contributed by atoms with Crippen LogP contribution in [-0.4, -0.2) is 46.0 Å². The van der Waals surface area contributed by atoms with Gasteiger partial charge in [0.2, 0.25) is 23.8 Å². The number of hydrogen-bond acceptors (Lipinski definition) is 7. The number of anilines is 2. The molecule has 2 heterocycles. The van der Waals surface area contributed by atoms with Crippen molar-refractivity contribution in [3.8, 4) is 6.01 Å². The summed E-state index contributed by atoms with van der Waals surface area (Å²) >= 11 is 0. The van der Waals surface area contributed by atoms with E-state index >= 15 is 0 Å². The molecule has 1 amide bonds. The highest BCUT2D eigenvalue weighted by Gasteiger charge is 2.35. The number of carbonyl (C=O) groups excluding carboxylic acids is 1. The van der Waals surface area contributed by atoms with Gasteiger partial charge in [0, 0.05) is 6.04 Å². The molecular formula is C11H17N7O2. The number of hydrogen-bond donors (Lipinski definition) is 3. The molecule has 0 spiro atoms. The van der Waals surface area contributed by atoms with E-state index in [9.17, 15) is 4.79 Å². The van der Waals surface area contributed by atoms with Gasteiger partial charge < -0.3 is 10.1 Å². The number of guanidine groups is 1. The Balaban J connectivity index is 2.40. The highest BCUT2D eigenvalue weighted by molar-refractivity contribution is 6.14. The summed E-state index contributed by atoms with van der Waals surface area (Å²) in [5.41, 5.74) is 0. The summed E-state index contributed by atoms with van der Waals surface area (Å²) in [7, 11) is 1.44. The molecule has 0 aromatic carbocycles. The standard InChI is InChI=1S/C11H17N7O2/c1-5(2)13-9-15-10(17-11(16-9)20-4)18-6(3)7(19)14-8(18)12/h5-6H,1-4H3,(H2,12,14,19)(H,13,15,16,17). The SMILES string of the molecule is COc1nc(NC(C)C)nc(N2C(=N)NC(=O)C2C)n1. The first kappa shape index (κ1) is 14.0. The number of carbonyl (C=O) groups is 1. The number of nitrogens with one attached hydrogen (secondary N) is 3. The minimum absolute atomic E-state index is 0.0637. The Hall–Kier alpha value is -2.45. The van der Waals surface area contributed by atoms with Crippen LogP contribution in [0, 0.1) is 5.41 Å². The molecule has 1 unspecified atom stereocenters. The van der Waals surface area contributed by atoms with Crippen LogP contribution in [0.2, 0.25) is 0 Å². The molecule has 1 atom stereocenters. The quantitative estimate of drug-likeness (QED) is 0.708. The van der Waals surface area contributed by atoms with Gasteiger partial charge >= 0.3 is 6.01 Å². The summed E-state index contributed by atoms with van der Waals surface area (Å²) in [6.07, 6.45) is 0. The van der Waals surface area contributed by atoms with Gasteiger partial charge in [-0.3, -0.25) is 20.4 Å². The van der Waals surface area contributed by atoms with Crippen molar-refractivity contribution >= 4 is 23.8 Å². The molecule has 0 bridgehead atoms. The topological polar surface area (TPSA) is 116 Å². The van der Waals surface area contributed by atoms with Crippen LogP contribution in [0.25, 0.3) is 0 Å². The second kappa shape index (κ2) is 5.27. The Morgan fingerprint density at radius 2 is 2.10 bits per heavy atom. The van der Waals surface area contributed by atoms with E-state index in [1.165, 1.54) is 12.0 Å². The molecule has 20 heavy (non-hydrogen) atoms. The Bertz CT molecular complexity index is 546. The summed E-state index contributed by atoms with van der Waals surface area (Å²) in [6, 6.07) is -0.302. The molecule has 1 saturated heterocycles. The second-order valence-corrected chi connectivity index (χ2v) is 4.63. The number of nitrogens with zero attached hydrogens (tertiary/aromatic N) is 4. The van der Waals surface area contributed by atoms with Crippen molar-refractivity contribution in [3.63, 3.8) is 0 Å². The van der Waals surface area contributed by atoms with Crippen LogP contribution >= 0.6 is 0 Å². The average molecular weight is 279 g/mol. The molecule has 1 aliphatic heterocycles. The molecule has 1 aliphatic rings. The monoisotopic (exact) mass is 279 g/mol. The van der Waals surface area contributed by atoms with Crippen molar-refractivity contribution in [2.45, 2.75) is 32.9 Å². The fourth-order valence-corrected chi connectivity index (χ4v) is 1.73. The van der Waals surface area contributed by atoms with E-state index in [0.717, 1.165) is 0 Å². The zero-order valence-electron chi connectivity index (χ0n) is 11.8. The molecule has 1 fully saturated rings. The molecule has 9 nitrogen and oxygen atoms in total. The average Bonchev–Trinajstić information content (AvgIpc) is 2.62. The minimum atomic E-state index is -0.554. The van der Waals surface area contributed by atoms with E-state index < -0.39 is 6.04 Å². The van der Waals surface area contributed by atoms with Gasteiger partial charge in [0.15, 0.2) is 0 Å². The Kier molecular flexibility index (Phi) is 3.68. The van der Waals surface area contributed by atoms with Crippen LogP contribution in [0.1, 0.15) is 20.8 Å². The fraction of sp³-hybridized carbons (Fsp3) is 0.545. The fourth-order valence-electron chi connectivity index (χ4n) is 1.73. The lowest BCUT2D eigenvalue weighted by atomic mass is 10.3. The smallest absolute Gasteiger partial charge is 0.322 e. The van der Waals surface area contributed by atoms with E-state index in [1.807, 2.05) is 13.8 Å². The van der Waals surface area contributed by atoms with Gasteiger partial charge in [-0.25, -0.2) is 0 Å². The summed E-state index contributed by atoms with van der Waals surface area (Å²) in [6.45, 7) is 5.56. The minimum Gasteiger partial charge on any atom is -0.467 e. The molecule has 0 radical (unpaired) electrons. The van der Waals surface area contributed by atoms with Crippen molar-refractivity contribution in [2.24, 2.45) is 0 Å². The van der Waals surface area contributed by atoms with Crippen LogP contribution in [0.15, 0.2) is 0 Å². The molecule has 0 saturated carbocycles. The first-order valence-electron chi connectivity index (χ1n) is 6.17. The highest BCUT2D eigenvalue weighted by Crippen LogP contribution is 2.20. The molecule has 1 aromatic rings. The number of aromatic nitrogens is 3. The van der Waals surface area contributed by atoms with E-state index in [0.29, 0.717) is 5.95 Å². The van der Waals surface area contributed by atoms with Gasteiger partial charge in [0.25, 0.3) is 0 Å². The number of methoxy groups -OCH3 is 1. The third-order valence-corrected chi connectivity index (χ3v) is 2.67. The maximum absolute atomic E-state index is 11.6. The van der Waals surface area contributed by atoms with Crippen LogP contribution in [0.3, 0.4) is 0 Å². The predicted octanol–water partition coefficient (Wildman–Crippen LogP) is -0.0400. The predicted molar refractivity (Wildman–Crippen MR) is 72.9 cm³/mol. The molecule has 2 rings (SSSR count). The zero-order valence-corrected chi connectivity index (χ0v) is 11.8. The van der Waals surface area contributed by atoms with Crippen molar-refractivity contribution in [1.29, 1.82) is 5.41 Å². The van der Waals surface area contributed by atoms with E-state index in [-0.39, 0.29) is 29.9 Å². The number of ether oxygens (including phenoxy) is 1. The second-order valence-electron chi connectivity index (χ2n) is 4.63. The summed E-state index contributed by atoms with van der Waals surface area (Å²) in [4.78, 5) is 25.3. The van der Waals surface area contributed by atoms with Crippen LogP contribution in [-0.2, 0) is 4.79 Å². The summed E-state index contributed by atoms with van der Waals surface area (Å²) in [5, 5.41) is 13.2. The molecule has 0 aliphatic carbocycles. The van der Waals surface area contributed by atoms with Crippen LogP contribution < -0.4 is 20.3 Å². The maximum Gasteiger partial charge on any atom is 0.322 e. The maximum atomic E-state index is 11.6. The largest absolute Gasteiger partial charge is 0.467 e. The van der Waals surface area contributed by atoms with Gasteiger partial charge in [-0.15, -0.1) is 0 Å². The normalized spacial score (nSPS) is 18.4.